The van der Waals surface area contributed by atoms with Crippen LogP contribution in [0.15, 0.2) is 60.3 Å². The van der Waals surface area contributed by atoms with Gasteiger partial charge in [0.1, 0.15) is 5.70 Å². The van der Waals surface area contributed by atoms with Crippen LogP contribution in [0, 0.1) is 0 Å². The Hall–Kier alpha value is -3.12. The molecular weight excluding hydrogens is 380 g/mol. The second-order valence-corrected chi connectivity index (χ2v) is 6.50. The maximum Gasteiger partial charge on any atom is 0.355 e. The fraction of sp³-hybridized carbons (Fsp3) is 0.190. The van der Waals surface area contributed by atoms with Gasteiger partial charge in [-0.25, -0.2) is 4.79 Å². The van der Waals surface area contributed by atoms with Crippen LogP contribution in [0.1, 0.15) is 31.0 Å². The Balaban J connectivity index is 1.95. The lowest BCUT2D eigenvalue weighted by Gasteiger charge is -2.15. The van der Waals surface area contributed by atoms with Crippen LogP contribution < -0.4 is 10.6 Å². The van der Waals surface area contributed by atoms with Crippen molar-refractivity contribution in [1.29, 1.82) is 0 Å². The zero-order valence-electron chi connectivity index (χ0n) is 15.6. The van der Waals surface area contributed by atoms with E-state index in [4.69, 9.17) is 16.3 Å². The standard InChI is InChI=1S/C21H21ClN2O4/c1-14(17-8-10-18(22)11-9-17)23-20(26)13-28-21(27)19(24-15(2)25)12-16-6-4-3-5-7-16/h3-12,14H,13H2,1-2H3,(H,23,26)(H,24,25)/b19-12-/t14-/m0/s1. The molecule has 0 unspecified atom stereocenters. The van der Waals surface area contributed by atoms with Crippen LogP contribution in [0.4, 0.5) is 0 Å². The Morgan fingerprint density at radius 3 is 2.32 bits per heavy atom. The highest BCUT2D eigenvalue weighted by Crippen LogP contribution is 2.16. The number of nitrogens with one attached hydrogen (secondary N) is 2. The third-order valence-corrected chi connectivity index (χ3v) is 3.98. The zero-order valence-corrected chi connectivity index (χ0v) is 16.3. The minimum absolute atomic E-state index is 0.0442. The van der Waals surface area contributed by atoms with Gasteiger partial charge < -0.3 is 15.4 Å². The van der Waals surface area contributed by atoms with E-state index in [2.05, 4.69) is 10.6 Å². The average molecular weight is 401 g/mol. The summed E-state index contributed by atoms with van der Waals surface area (Å²) in [6, 6.07) is 15.8. The van der Waals surface area contributed by atoms with Gasteiger partial charge >= 0.3 is 5.97 Å². The third-order valence-electron chi connectivity index (χ3n) is 3.72. The highest BCUT2D eigenvalue weighted by Gasteiger charge is 2.16. The van der Waals surface area contributed by atoms with Gasteiger partial charge in [-0.1, -0.05) is 54.1 Å². The van der Waals surface area contributed by atoms with Crippen molar-refractivity contribution >= 4 is 35.5 Å². The molecule has 0 fully saturated rings. The lowest BCUT2D eigenvalue weighted by Crippen LogP contribution is -2.33. The van der Waals surface area contributed by atoms with Crippen molar-refractivity contribution in [2.45, 2.75) is 19.9 Å². The Kier molecular flexibility index (Phi) is 7.77. The summed E-state index contributed by atoms with van der Waals surface area (Å²) in [5, 5.41) is 5.77. The lowest BCUT2D eigenvalue weighted by molar-refractivity contribution is -0.145. The number of hydrogen-bond donors (Lipinski definition) is 2. The Morgan fingerprint density at radius 1 is 1.07 bits per heavy atom. The number of halogens is 1. The molecule has 0 aromatic heterocycles. The lowest BCUT2D eigenvalue weighted by atomic mass is 10.1. The van der Waals surface area contributed by atoms with Gasteiger partial charge in [0, 0.05) is 11.9 Å². The molecule has 2 amide bonds. The monoisotopic (exact) mass is 400 g/mol. The molecule has 0 heterocycles. The fourth-order valence-corrected chi connectivity index (χ4v) is 2.50. The Labute approximate surface area is 168 Å². The summed E-state index contributed by atoms with van der Waals surface area (Å²) in [5.74, 6) is -1.68. The van der Waals surface area contributed by atoms with Crippen LogP contribution >= 0.6 is 11.6 Å². The highest BCUT2D eigenvalue weighted by molar-refractivity contribution is 6.30. The van der Waals surface area contributed by atoms with E-state index in [1.165, 1.54) is 13.0 Å². The first-order valence-electron chi connectivity index (χ1n) is 8.61. The molecule has 0 radical (unpaired) electrons. The predicted molar refractivity (Wildman–Crippen MR) is 107 cm³/mol. The second-order valence-electron chi connectivity index (χ2n) is 6.07. The summed E-state index contributed by atoms with van der Waals surface area (Å²) in [6.45, 7) is 2.62. The van der Waals surface area contributed by atoms with Gasteiger partial charge in [0.05, 0.1) is 6.04 Å². The van der Waals surface area contributed by atoms with E-state index in [0.717, 1.165) is 5.56 Å². The molecule has 2 rings (SSSR count). The maximum atomic E-state index is 12.3. The molecule has 2 aromatic rings. The van der Waals surface area contributed by atoms with Gasteiger partial charge in [-0.2, -0.15) is 0 Å². The van der Waals surface area contributed by atoms with E-state index >= 15 is 0 Å². The first-order chi connectivity index (χ1) is 13.3. The number of carbonyl (C=O) groups is 3. The molecule has 1 atom stereocenters. The molecule has 0 spiro atoms. The Bertz CT molecular complexity index is 864. The van der Waals surface area contributed by atoms with E-state index in [1.807, 2.05) is 6.07 Å². The third kappa shape index (κ3) is 6.89. The summed E-state index contributed by atoms with van der Waals surface area (Å²) in [4.78, 5) is 35.7. The van der Waals surface area contributed by atoms with Gasteiger partial charge in [0.2, 0.25) is 5.91 Å². The smallest absolute Gasteiger partial charge is 0.355 e. The molecule has 0 saturated carbocycles. The molecule has 6 nitrogen and oxygen atoms in total. The second kappa shape index (κ2) is 10.3. The first kappa shape index (κ1) is 21.2. The van der Waals surface area contributed by atoms with Crippen molar-refractivity contribution in [3.63, 3.8) is 0 Å². The van der Waals surface area contributed by atoms with Gasteiger partial charge in [0.25, 0.3) is 5.91 Å². The summed E-state index contributed by atoms with van der Waals surface area (Å²) in [5.41, 5.74) is 1.54. The quantitative estimate of drug-likeness (QED) is 0.552. The van der Waals surface area contributed by atoms with Crippen molar-refractivity contribution in [1.82, 2.24) is 10.6 Å². The van der Waals surface area contributed by atoms with Crippen LogP contribution in [0.3, 0.4) is 0 Å². The van der Waals surface area contributed by atoms with Crippen LogP contribution in [-0.4, -0.2) is 24.4 Å². The molecule has 2 aromatic carbocycles. The number of amides is 2. The molecule has 7 heteroatoms. The Morgan fingerprint density at radius 2 is 1.71 bits per heavy atom. The van der Waals surface area contributed by atoms with Crippen LogP contribution in [-0.2, 0) is 19.1 Å². The normalized spacial score (nSPS) is 12.0. The molecule has 0 aliphatic heterocycles. The van der Waals surface area contributed by atoms with E-state index in [1.54, 1.807) is 55.5 Å². The minimum Gasteiger partial charge on any atom is -0.451 e. The molecule has 2 N–H and O–H groups in total. The molecule has 0 aliphatic carbocycles. The van der Waals surface area contributed by atoms with E-state index < -0.39 is 24.4 Å². The van der Waals surface area contributed by atoms with Crippen LogP contribution in [0.25, 0.3) is 6.08 Å². The molecular formula is C21H21ClN2O4. The fourth-order valence-electron chi connectivity index (χ4n) is 2.38. The number of carbonyl (C=O) groups excluding carboxylic acids is 3. The van der Waals surface area contributed by atoms with Crippen LogP contribution in [0.5, 0.6) is 0 Å². The minimum atomic E-state index is -0.798. The SMILES string of the molecule is CC(=O)N/C(=C\c1ccccc1)C(=O)OCC(=O)N[C@@H](C)c1ccc(Cl)cc1. The van der Waals surface area contributed by atoms with E-state index in [0.29, 0.717) is 10.6 Å². The van der Waals surface area contributed by atoms with E-state index in [9.17, 15) is 14.4 Å². The van der Waals surface area contributed by atoms with Gasteiger partial charge in [-0.15, -0.1) is 0 Å². The highest BCUT2D eigenvalue weighted by atomic mass is 35.5. The summed E-state index contributed by atoms with van der Waals surface area (Å²) in [6.07, 6.45) is 1.48. The number of hydrogen-bond acceptors (Lipinski definition) is 4. The van der Waals surface area contributed by atoms with Crippen molar-refractivity contribution in [2.24, 2.45) is 0 Å². The van der Waals surface area contributed by atoms with Gasteiger partial charge in [-0.3, -0.25) is 9.59 Å². The first-order valence-corrected chi connectivity index (χ1v) is 8.99. The number of benzene rings is 2. The molecule has 146 valence electrons. The van der Waals surface area contributed by atoms with Gasteiger partial charge in [-0.05, 0) is 36.3 Å². The maximum absolute atomic E-state index is 12.3. The zero-order chi connectivity index (χ0) is 20.5. The van der Waals surface area contributed by atoms with Crippen molar-refractivity contribution in [3.8, 4) is 0 Å². The number of esters is 1. The summed E-state index contributed by atoms with van der Waals surface area (Å²) >= 11 is 5.85. The molecule has 0 saturated heterocycles. The number of ether oxygens (including phenoxy) is 1. The largest absolute Gasteiger partial charge is 0.451 e. The topological polar surface area (TPSA) is 84.5 Å². The summed E-state index contributed by atoms with van der Waals surface area (Å²) in [7, 11) is 0. The summed E-state index contributed by atoms with van der Waals surface area (Å²) < 4.78 is 5.04. The molecule has 28 heavy (non-hydrogen) atoms. The van der Waals surface area contributed by atoms with Crippen molar-refractivity contribution in [2.75, 3.05) is 6.61 Å². The number of rotatable bonds is 7. The van der Waals surface area contributed by atoms with Crippen molar-refractivity contribution in [3.05, 3.63) is 76.4 Å². The molecule has 0 bridgehead atoms. The van der Waals surface area contributed by atoms with Crippen LogP contribution in [0.2, 0.25) is 5.02 Å². The van der Waals surface area contributed by atoms with Gasteiger partial charge in [0.15, 0.2) is 6.61 Å². The average Bonchev–Trinajstić information content (AvgIpc) is 2.66. The van der Waals surface area contributed by atoms with Crippen molar-refractivity contribution < 1.29 is 19.1 Å². The molecule has 0 aliphatic rings. The predicted octanol–water partition coefficient (Wildman–Crippen LogP) is 3.24. The van der Waals surface area contributed by atoms with E-state index in [-0.39, 0.29) is 11.7 Å².